The van der Waals surface area contributed by atoms with Crippen LogP contribution in [0.3, 0.4) is 0 Å². The largest absolute Gasteiger partial charge is 0.374 e. The number of nitrogens with zero attached hydrogens (tertiary/aromatic N) is 3. The highest BCUT2D eigenvalue weighted by molar-refractivity contribution is 5.93. The van der Waals surface area contributed by atoms with Gasteiger partial charge in [-0.2, -0.15) is 5.10 Å². The Morgan fingerprint density at radius 2 is 1.96 bits per heavy atom. The quantitative estimate of drug-likeness (QED) is 0.864. The van der Waals surface area contributed by atoms with Crippen molar-refractivity contribution in [2.24, 2.45) is 0 Å². The first-order valence-corrected chi connectivity index (χ1v) is 9.39. The Labute approximate surface area is 147 Å². The predicted octanol–water partition coefficient (Wildman–Crippen LogP) is 3.14. The van der Waals surface area contributed by atoms with Crippen molar-refractivity contribution in [2.45, 2.75) is 50.2 Å². The van der Waals surface area contributed by atoms with Gasteiger partial charge in [0.05, 0.1) is 30.1 Å². The highest BCUT2D eigenvalue weighted by Gasteiger charge is 2.40. The second kappa shape index (κ2) is 5.99. The van der Waals surface area contributed by atoms with Gasteiger partial charge in [-0.25, -0.2) is 4.68 Å². The van der Waals surface area contributed by atoms with E-state index in [0.29, 0.717) is 24.8 Å². The molecule has 3 fully saturated rings. The highest BCUT2D eigenvalue weighted by Crippen LogP contribution is 2.40. The molecule has 1 aromatic carbocycles. The SMILES string of the molecule is O=C(c1cc(C2CC2)nn1-c1ccccc1)N1CCOC2CCCC21. The van der Waals surface area contributed by atoms with Crippen LogP contribution in [0.5, 0.6) is 0 Å². The smallest absolute Gasteiger partial charge is 0.273 e. The fraction of sp³-hybridized carbons (Fsp3) is 0.500. The van der Waals surface area contributed by atoms with E-state index in [4.69, 9.17) is 9.84 Å². The van der Waals surface area contributed by atoms with Crippen LogP contribution >= 0.6 is 0 Å². The van der Waals surface area contributed by atoms with Gasteiger partial charge >= 0.3 is 0 Å². The van der Waals surface area contributed by atoms with Gasteiger partial charge in [0.15, 0.2) is 0 Å². The summed E-state index contributed by atoms with van der Waals surface area (Å²) in [5.41, 5.74) is 2.71. The van der Waals surface area contributed by atoms with Crippen LogP contribution in [0.1, 0.15) is 54.2 Å². The summed E-state index contributed by atoms with van der Waals surface area (Å²) in [4.78, 5) is 15.4. The first-order chi connectivity index (χ1) is 12.3. The molecule has 2 aliphatic carbocycles. The van der Waals surface area contributed by atoms with Crippen LogP contribution in [0, 0.1) is 0 Å². The molecule has 5 nitrogen and oxygen atoms in total. The van der Waals surface area contributed by atoms with Crippen LogP contribution in [0.4, 0.5) is 0 Å². The lowest BCUT2D eigenvalue weighted by molar-refractivity contribution is -0.0448. The lowest BCUT2D eigenvalue weighted by atomic mass is 10.1. The van der Waals surface area contributed by atoms with Crippen LogP contribution in [0.25, 0.3) is 5.69 Å². The maximum Gasteiger partial charge on any atom is 0.273 e. The fourth-order valence-electron chi connectivity index (χ4n) is 4.22. The summed E-state index contributed by atoms with van der Waals surface area (Å²) in [6.45, 7) is 1.32. The molecule has 1 aliphatic heterocycles. The molecule has 5 heteroatoms. The molecule has 0 radical (unpaired) electrons. The minimum Gasteiger partial charge on any atom is -0.374 e. The van der Waals surface area contributed by atoms with Crippen LogP contribution in [-0.4, -0.2) is 45.9 Å². The van der Waals surface area contributed by atoms with Gasteiger partial charge in [0, 0.05) is 12.5 Å². The molecule has 2 heterocycles. The maximum absolute atomic E-state index is 13.4. The zero-order valence-electron chi connectivity index (χ0n) is 14.3. The van der Waals surface area contributed by atoms with Gasteiger partial charge in [0.25, 0.3) is 5.91 Å². The zero-order chi connectivity index (χ0) is 16.8. The number of fused-ring (bicyclic) bond motifs is 1. The Morgan fingerprint density at radius 3 is 2.76 bits per heavy atom. The van der Waals surface area contributed by atoms with Gasteiger partial charge in [-0.05, 0) is 50.3 Å². The second-order valence-electron chi connectivity index (χ2n) is 7.38. The molecular formula is C20H23N3O2. The summed E-state index contributed by atoms with van der Waals surface area (Å²) in [6.07, 6.45) is 5.84. The molecule has 2 saturated carbocycles. The molecule has 2 unspecified atom stereocenters. The van der Waals surface area contributed by atoms with E-state index in [1.807, 2.05) is 46.0 Å². The van der Waals surface area contributed by atoms with E-state index in [0.717, 1.165) is 30.6 Å². The number of hydrogen-bond acceptors (Lipinski definition) is 3. The Bertz CT molecular complexity index is 781. The van der Waals surface area contributed by atoms with Gasteiger partial charge in [-0.15, -0.1) is 0 Å². The highest BCUT2D eigenvalue weighted by atomic mass is 16.5. The molecule has 130 valence electrons. The molecule has 0 N–H and O–H groups in total. The normalized spacial score (nSPS) is 25.8. The summed E-state index contributed by atoms with van der Waals surface area (Å²) in [5, 5.41) is 4.78. The summed E-state index contributed by atoms with van der Waals surface area (Å²) in [7, 11) is 0. The molecule has 3 aliphatic rings. The lowest BCUT2D eigenvalue weighted by Gasteiger charge is -2.37. The van der Waals surface area contributed by atoms with Gasteiger partial charge < -0.3 is 9.64 Å². The number of ether oxygens (including phenoxy) is 1. The lowest BCUT2D eigenvalue weighted by Crippen LogP contribution is -2.51. The molecule has 0 bridgehead atoms. The number of aromatic nitrogens is 2. The third-order valence-corrected chi connectivity index (χ3v) is 5.69. The first-order valence-electron chi connectivity index (χ1n) is 9.39. The molecule has 25 heavy (non-hydrogen) atoms. The number of morpholine rings is 1. The van der Waals surface area contributed by atoms with Crippen molar-refractivity contribution < 1.29 is 9.53 Å². The van der Waals surface area contributed by atoms with Crippen LogP contribution in [-0.2, 0) is 4.74 Å². The van der Waals surface area contributed by atoms with Crippen molar-refractivity contribution in [1.29, 1.82) is 0 Å². The number of para-hydroxylation sites is 1. The predicted molar refractivity (Wildman–Crippen MR) is 94.0 cm³/mol. The summed E-state index contributed by atoms with van der Waals surface area (Å²) in [6, 6.07) is 12.2. The number of carbonyl (C=O) groups excluding carboxylic acids is 1. The molecule has 2 aromatic rings. The Hall–Kier alpha value is -2.14. The van der Waals surface area contributed by atoms with Crippen molar-refractivity contribution in [3.63, 3.8) is 0 Å². The molecule has 1 saturated heterocycles. The second-order valence-corrected chi connectivity index (χ2v) is 7.38. The van der Waals surface area contributed by atoms with Gasteiger partial charge in [0.2, 0.25) is 0 Å². The number of carbonyl (C=O) groups is 1. The molecule has 5 rings (SSSR count). The topological polar surface area (TPSA) is 47.4 Å². The van der Waals surface area contributed by atoms with Crippen LogP contribution < -0.4 is 0 Å². The third kappa shape index (κ3) is 2.67. The average Bonchev–Trinajstić information content (AvgIpc) is 3.22. The Morgan fingerprint density at radius 1 is 1.12 bits per heavy atom. The minimum atomic E-state index is 0.100. The molecule has 0 spiro atoms. The molecular weight excluding hydrogens is 314 g/mol. The van der Waals surface area contributed by atoms with E-state index in [9.17, 15) is 4.79 Å². The van der Waals surface area contributed by atoms with Gasteiger partial charge in [0.1, 0.15) is 5.69 Å². The van der Waals surface area contributed by atoms with Crippen molar-refractivity contribution >= 4 is 5.91 Å². The molecule has 1 amide bonds. The molecule has 1 aromatic heterocycles. The average molecular weight is 337 g/mol. The van der Waals surface area contributed by atoms with E-state index in [1.54, 1.807) is 0 Å². The zero-order valence-corrected chi connectivity index (χ0v) is 14.3. The monoisotopic (exact) mass is 337 g/mol. The summed E-state index contributed by atoms with van der Waals surface area (Å²) >= 11 is 0. The van der Waals surface area contributed by atoms with Crippen molar-refractivity contribution in [1.82, 2.24) is 14.7 Å². The van der Waals surface area contributed by atoms with Gasteiger partial charge in [-0.1, -0.05) is 18.2 Å². The van der Waals surface area contributed by atoms with Crippen molar-refractivity contribution in [3.05, 3.63) is 47.8 Å². The summed E-state index contributed by atoms with van der Waals surface area (Å²) in [5.74, 6) is 0.629. The molecule has 2 atom stereocenters. The van der Waals surface area contributed by atoms with E-state index in [1.165, 1.54) is 12.8 Å². The van der Waals surface area contributed by atoms with Crippen molar-refractivity contribution in [2.75, 3.05) is 13.2 Å². The van der Waals surface area contributed by atoms with Crippen LogP contribution in [0.2, 0.25) is 0 Å². The minimum absolute atomic E-state index is 0.100. The number of hydrogen-bond donors (Lipinski definition) is 0. The van der Waals surface area contributed by atoms with E-state index in [-0.39, 0.29) is 18.1 Å². The van der Waals surface area contributed by atoms with E-state index >= 15 is 0 Å². The Balaban J connectivity index is 1.52. The van der Waals surface area contributed by atoms with Crippen molar-refractivity contribution in [3.8, 4) is 5.69 Å². The standard InChI is InChI=1S/C20H23N3O2/c24-20(22-11-12-25-19-8-4-7-17(19)22)18-13-16(14-9-10-14)21-23(18)15-5-2-1-3-6-15/h1-3,5-6,13-14,17,19H,4,7-12H2. The van der Waals surface area contributed by atoms with E-state index < -0.39 is 0 Å². The number of benzene rings is 1. The third-order valence-electron chi connectivity index (χ3n) is 5.69. The Kier molecular flexibility index (Phi) is 3.63. The number of rotatable bonds is 3. The summed E-state index contributed by atoms with van der Waals surface area (Å²) < 4.78 is 7.71. The van der Waals surface area contributed by atoms with E-state index in [2.05, 4.69) is 0 Å². The fourth-order valence-corrected chi connectivity index (χ4v) is 4.22. The van der Waals surface area contributed by atoms with Crippen LogP contribution in [0.15, 0.2) is 36.4 Å². The first kappa shape index (κ1) is 15.1. The number of amides is 1. The van der Waals surface area contributed by atoms with Gasteiger partial charge in [-0.3, -0.25) is 4.79 Å². The maximum atomic E-state index is 13.4.